The van der Waals surface area contributed by atoms with Gasteiger partial charge in [0.1, 0.15) is 17.0 Å². The molecule has 2 aromatic rings. The minimum atomic E-state index is -0.860. The molecule has 3 amide bonds. The molecule has 1 aliphatic heterocycles. The van der Waals surface area contributed by atoms with Crippen LogP contribution < -0.4 is 14.8 Å². The summed E-state index contributed by atoms with van der Waals surface area (Å²) >= 11 is 1.66. The second kappa shape index (κ2) is 7.23. The van der Waals surface area contributed by atoms with Crippen LogP contribution in [0.4, 0.5) is 4.79 Å². The number of urea groups is 1. The number of rotatable bonds is 6. The molecule has 2 aliphatic rings. The molecule has 6 nitrogen and oxygen atoms in total. The van der Waals surface area contributed by atoms with E-state index in [4.69, 9.17) is 9.47 Å². The maximum atomic E-state index is 13.1. The molecular weight excluding hydrogens is 364 g/mol. The molecule has 0 unspecified atom stereocenters. The van der Waals surface area contributed by atoms with Gasteiger partial charge < -0.3 is 14.8 Å². The first-order valence-corrected chi connectivity index (χ1v) is 10.00. The highest BCUT2D eigenvalue weighted by molar-refractivity contribution is 7.10. The van der Waals surface area contributed by atoms with Crippen molar-refractivity contribution in [2.75, 3.05) is 20.3 Å². The summed E-state index contributed by atoms with van der Waals surface area (Å²) in [4.78, 5) is 28.1. The highest BCUT2D eigenvalue weighted by Gasteiger charge is 2.54. The molecule has 2 heterocycles. The van der Waals surface area contributed by atoms with Gasteiger partial charge in [-0.15, -0.1) is 11.3 Å². The normalized spacial score (nSPS) is 21.3. The summed E-state index contributed by atoms with van der Waals surface area (Å²) in [6.45, 7) is 0.780. The molecular formula is C20H22N2O4S. The lowest BCUT2D eigenvalue weighted by molar-refractivity contribution is -0.132. The Morgan fingerprint density at radius 1 is 1.19 bits per heavy atom. The molecule has 1 aliphatic carbocycles. The van der Waals surface area contributed by atoms with Crippen LogP contribution in [0.25, 0.3) is 0 Å². The molecule has 1 aromatic carbocycles. The van der Waals surface area contributed by atoms with Crippen molar-refractivity contribution in [1.29, 1.82) is 0 Å². The van der Waals surface area contributed by atoms with Crippen LogP contribution in [0.2, 0.25) is 0 Å². The molecule has 142 valence electrons. The average Bonchev–Trinajstić information content (AvgIpc) is 3.25. The fourth-order valence-electron chi connectivity index (χ4n) is 3.83. The zero-order valence-electron chi connectivity index (χ0n) is 15.2. The van der Waals surface area contributed by atoms with Crippen LogP contribution in [-0.2, 0) is 16.8 Å². The maximum absolute atomic E-state index is 13.1. The summed E-state index contributed by atoms with van der Waals surface area (Å²) in [6, 6.07) is 9.01. The third-order valence-corrected chi connectivity index (χ3v) is 6.17. The first-order chi connectivity index (χ1) is 13.1. The zero-order valence-corrected chi connectivity index (χ0v) is 16.0. The van der Waals surface area contributed by atoms with E-state index in [-0.39, 0.29) is 11.9 Å². The number of amides is 3. The van der Waals surface area contributed by atoms with Gasteiger partial charge in [-0.3, -0.25) is 9.69 Å². The molecule has 1 fully saturated rings. The minimum absolute atomic E-state index is 0.128. The molecule has 1 N–H and O–H groups in total. The van der Waals surface area contributed by atoms with E-state index in [9.17, 15) is 9.59 Å². The first kappa shape index (κ1) is 17.9. The molecule has 1 atom stereocenters. The lowest BCUT2D eigenvalue weighted by atomic mass is 9.80. The predicted molar refractivity (Wildman–Crippen MR) is 102 cm³/mol. The molecule has 1 saturated heterocycles. The molecule has 27 heavy (non-hydrogen) atoms. The van der Waals surface area contributed by atoms with Crippen LogP contribution in [0.5, 0.6) is 11.5 Å². The molecule has 1 spiro atoms. The number of carbonyl (C=O) groups is 2. The van der Waals surface area contributed by atoms with Crippen molar-refractivity contribution in [2.45, 2.75) is 31.2 Å². The van der Waals surface area contributed by atoms with Gasteiger partial charge in [-0.1, -0.05) is 0 Å². The van der Waals surface area contributed by atoms with Gasteiger partial charge in [0.25, 0.3) is 5.91 Å². The van der Waals surface area contributed by atoms with Crippen LogP contribution in [0.15, 0.2) is 35.7 Å². The van der Waals surface area contributed by atoms with E-state index >= 15 is 0 Å². The van der Waals surface area contributed by atoms with Crippen LogP contribution >= 0.6 is 11.3 Å². The number of hydrogen-bond acceptors (Lipinski definition) is 5. The summed E-state index contributed by atoms with van der Waals surface area (Å²) < 4.78 is 10.8. The fourth-order valence-corrected chi connectivity index (χ4v) is 4.83. The number of fused-ring (bicyclic) bond motifs is 2. The molecule has 7 heteroatoms. The van der Waals surface area contributed by atoms with E-state index in [1.54, 1.807) is 18.4 Å². The molecule has 0 radical (unpaired) electrons. The van der Waals surface area contributed by atoms with Gasteiger partial charge in [0, 0.05) is 17.0 Å². The van der Waals surface area contributed by atoms with Gasteiger partial charge in [-0.2, -0.15) is 0 Å². The van der Waals surface area contributed by atoms with Gasteiger partial charge in [-0.05, 0) is 61.4 Å². The molecule has 4 rings (SSSR count). The Labute approximate surface area is 162 Å². The lowest BCUT2D eigenvalue weighted by Crippen LogP contribution is -2.46. The van der Waals surface area contributed by atoms with E-state index in [0.29, 0.717) is 26.0 Å². The Hall–Kier alpha value is -2.54. The Balaban J connectivity index is 1.36. The Morgan fingerprint density at radius 2 is 1.96 bits per heavy atom. The third-order valence-electron chi connectivity index (χ3n) is 5.19. The number of benzene rings is 1. The summed E-state index contributed by atoms with van der Waals surface area (Å²) in [5.41, 5.74) is 0.121. The number of nitrogens with zero attached hydrogens (tertiary/aromatic N) is 1. The fraction of sp³-hybridized carbons (Fsp3) is 0.400. The molecule has 0 bridgehead atoms. The van der Waals surface area contributed by atoms with Crippen LogP contribution in [0.1, 0.15) is 29.7 Å². The third kappa shape index (κ3) is 3.16. The van der Waals surface area contributed by atoms with Crippen molar-refractivity contribution in [3.63, 3.8) is 0 Å². The van der Waals surface area contributed by atoms with E-state index in [2.05, 4.69) is 5.32 Å². The predicted octanol–water partition coefficient (Wildman–Crippen LogP) is 3.31. The standard InChI is InChI=1S/C20H22N2O4S/c1-25-14-5-7-15(8-6-14)26-12-3-11-22-18(23)20(21-19(22)24)10-2-4-17-16(20)9-13-27-17/h5-9,13H,2-4,10-12H2,1H3,(H,21,24)/t20-/m1/s1. The summed E-state index contributed by atoms with van der Waals surface area (Å²) in [5.74, 6) is 1.38. The van der Waals surface area contributed by atoms with Gasteiger partial charge >= 0.3 is 6.03 Å². The molecule has 0 saturated carbocycles. The van der Waals surface area contributed by atoms with Crippen molar-refractivity contribution in [2.24, 2.45) is 0 Å². The largest absolute Gasteiger partial charge is 0.497 e. The van der Waals surface area contributed by atoms with Crippen LogP contribution in [-0.4, -0.2) is 37.1 Å². The van der Waals surface area contributed by atoms with Crippen molar-refractivity contribution < 1.29 is 19.1 Å². The van der Waals surface area contributed by atoms with Crippen molar-refractivity contribution >= 4 is 23.3 Å². The molecule has 1 aromatic heterocycles. The minimum Gasteiger partial charge on any atom is -0.497 e. The second-order valence-electron chi connectivity index (χ2n) is 6.78. The quantitative estimate of drug-likeness (QED) is 0.611. The number of imide groups is 1. The number of carbonyl (C=O) groups excluding carboxylic acids is 2. The first-order valence-electron chi connectivity index (χ1n) is 9.12. The lowest BCUT2D eigenvalue weighted by Gasteiger charge is -2.31. The van der Waals surface area contributed by atoms with E-state index in [0.717, 1.165) is 29.9 Å². The maximum Gasteiger partial charge on any atom is 0.325 e. The average molecular weight is 386 g/mol. The monoisotopic (exact) mass is 386 g/mol. The summed E-state index contributed by atoms with van der Waals surface area (Å²) in [6.07, 6.45) is 3.14. The van der Waals surface area contributed by atoms with Gasteiger partial charge in [-0.25, -0.2) is 4.79 Å². The Bertz CT molecular complexity index is 848. The number of methoxy groups -OCH3 is 1. The van der Waals surface area contributed by atoms with E-state index in [1.165, 1.54) is 9.78 Å². The summed E-state index contributed by atoms with van der Waals surface area (Å²) in [5, 5.41) is 4.97. The van der Waals surface area contributed by atoms with Crippen molar-refractivity contribution in [3.05, 3.63) is 46.2 Å². The number of thiophene rings is 1. The highest BCUT2D eigenvalue weighted by atomic mass is 32.1. The van der Waals surface area contributed by atoms with Gasteiger partial charge in [0.2, 0.25) is 0 Å². The highest BCUT2D eigenvalue weighted by Crippen LogP contribution is 2.42. The van der Waals surface area contributed by atoms with Crippen LogP contribution in [0, 0.1) is 0 Å². The SMILES string of the molecule is COc1ccc(OCCCN2C(=O)N[C@@]3(CCCc4sccc43)C2=O)cc1. The zero-order chi connectivity index (χ0) is 18.9. The van der Waals surface area contributed by atoms with Gasteiger partial charge in [0.15, 0.2) is 0 Å². The van der Waals surface area contributed by atoms with Gasteiger partial charge in [0.05, 0.1) is 13.7 Å². The van der Waals surface area contributed by atoms with E-state index < -0.39 is 5.54 Å². The number of hydrogen-bond donors (Lipinski definition) is 1. The second-order valence-corrected chi connectivity index (χ2v) is 7.78. The van der Waals surface area contributed by atoms with Crippen molar-refractivity contribution in [1.82, 2.24) is 10.2 Å². The summed E-state index contributed by atoms with van der Waals surface area (Å²) in [7, 11) is 1.62. The van der Waals surface area contributed by atoms with Crippen LogP contribution in [0.3, 0.4) is 0 Å². The number of ether oxygens (including phenoxy) is 2. The number of aryl methyl sites for hydroxylation is 1. The van der Waals surface area contributed by atoms with Crippen molar-refractivity contribution in [3.8, 4) is 11.5 Å². The van der Waals surface area contributed by atoms with E-state index in [1.807, 2.05) is 35.7 Å². The Morgan fingerprint density at radius 3 is 2.74 bits per heavy atom. The smallest absolute Gasteiger partial charge is 0.325 e. The Kier molecular flexibility index (Phi) is 4.78. The number of nitrogens with one attached hydrogen (secondary N) is 1. The topological polar surface area (TPSA) is 67.9 Å².